The monoisotopic (exact) mass is 554 g/mol. The summed E-state index contributed by atoms with van der Waals surface area (Å²) < 4.78 is 11.5. The topological polar surface area (TPSA) is 23.0 Å². The van der Waals surface area contributed by atoms with Crippen LogP contribution in [0.3, 0.4) is 0 Å². The van der Waals surface area contributed by atoms with Crippen molar-refractivity contribution in [1.82, 2.24) is 9.13 Å². The fourth-order valence-electron chi connectivity index (χ4n) is 7.13. The lowest BCUT2D eigenvalue weighted by atomic mass is 10.1. The summed E-state index contributed by atoms with van der Waals surface area (Å²) >= 11 is 0. The van der Waals surface area contributed by atoms with Gasteiger partial charge in [0.25, 0.3) is 0 Å². The first kappa shape index (κ1) is 24.3. The summed E-state index contributed by atoms with van der Waals surface area (Å²) in [5.74, 6) is 0. The van der Waals surface area contributed by atoms with Gasteiger partial charge in [-0.2, -0.15) is 0 Å². The van der Waals surface area contributed by atoms with Gasteiger partial charge in [0, 0.05) is 38.0 Å². The Kier molecular flexibility index (Phi) is 4.88. The quantitative estimate of drug-likeness (QED) is 0.208. The summed E-state index contributed by atoms with van der Waals surface area (Å²) in [6.07, 6.45) is 0. The van der Waals surface area contributed by atoms with E-state index in [1.165, 1.54) is 65.9 Å². The van der Waals surface area contributed by atoms with Crippen molar-refractivity contribution in [3.8, 4) is 11.4 Å². The first-order valence-corrected chi connectivity index (χ1v) is 14.9. The van der Waals surface area contributed by atoms with E-state index in [2.05, 4.69) is 146 Å². The Morgan fingerprint density at radius 2 is 0.907 bits per heavy atom. The first-order chi connectivity index (χ1) is 20.9. The van der Waals surface area contributed by atoms with Gasteiger partial charge in [-0.1, -0.05) is 58.7 Å². The van der Waals surface area contributed by atoms with E-state index < -0.39 is 0 Å². The highest BCUT2D eigenvalue weighted by atomic mass is 16.3. The standard InChI is InChI=1S/C40H30N2O/c1-23-8-13-34-29(18-23)30-19-24(2)9-14-35(30)41(34)27-12-17-39-33(22-27)28-6-5-7-38(40(28)43-39)42-36-15-10-25(3)20-31(36)32-21-26(4)11-16-37(32)42/h5-22H,1-4H3. The molecule has 0 aliphatic carbocycles. The van der Waals surface area contributed by atoms with E-state index in [1.807, 2.05) is 0 Å². The maximum Gasteiger partial charge on any atom is 0.159 e. The smallest absolute Gasteiger partial charge is 0.159 e. The van der Waals surface area contributed by atoms with Gasteiger partial charge in [-0.15, -0.1) is 0 Å². The fraction of sp³-hybridized carbons (Fsp3) is 0.100. The lowest BCUT2D eigenvalue weighted by molar-refractivity contribution is 0.666. The molecule has 43 heavy (non-hydrogen) atoms. The summed E-state index contributed by atoms with van der Waals surface area (Å²) in [5, 5.41) is 7.36. The first-order valence-electron chi connectivity index (χ1n) is 14.9. The molecular formula is C40H30N2O. The minimum Gasteiger partial charge on any atom is -0.454 e. The van der Waals surface area contributed by atoms with E-state index in [1.54, 1.807) is 0 Å². The summed E-state index contributed by atoms with van der Waals surface area (Å²) in [6.45, 7) is 8.66. The van der Waals surface area contributed by atoms with Gasteiger partial charge in [0.15, 0.2) is 5.58 Å². The number of fused-ring (bicyclic) bond motifs is 9. The van der Waals surface area contributed by atoms with Crippen LogP contribution in [-0.2, 0) is 0 Å². The van der Waals surface area contributed by atoms with E-state index in [0.717, 1.165) is 33.3 Å². The van der Waals surface area contributed by atoms with Gasteiger partial charge in [0.2, 0.25) is 0 Å². The van der Waals surface area contributed by atoms with Crippen LogP contribution in [0, 0.1) is 27.7 Å². The van der Waals surface area contributed by atoms with E-state index in [0.29, 0.717) is 0 Å². The van der Waals surface area contributed by atoms with Crippen LogP contribution < -0.4 is 0 Å². The average molecular weight is 555 g/mol. The average Bonchev–Trinajstić information content (AvgIpc) is 3.64. The highest BCUT2D eigenvalue weighted by molar-refractivity contribution is 6.14. The fourth-order valence-corrected chi connectivity index (χ4v) is 7.13. The zero-order valence-electron chi connectivity index (χ0n) is 24.7. The molecular weight excluding hydrogens is 524 g/mol. The molecule has 0 fully saturated rings. The zero-order chi connectivity index (χ0) is 29.0. The molecule has 0 aliphatic heterocycles. The van der Waals surface area contributed by atoms with Crippen LogP contribution in [0.1, 0.15) is 22.3 Å². The number of nitrogens with zero attached hydrogens (tertiary/aromatic N) is 2. The van der Waals surface area contributed by atoms with E-state index in [-0.39, 0.29) is 0 Å². The van der Waals surface area contributed by atoms with Gasteiger partial charge in [-0.3, -0.25) is 0 Å². The van der Waals surface area contributed by atoms with Crippen LogP contribution in [-0.4, -0.2) is 9.13 Å². The molecule has 0 amide bonds. The van der Waals surface area contributed by atoms with E-state index >= 15 is 0 Å². The van der Waals surface area contributed by atoms with Crippen molar-refractivity contribution in [3.63, 3.8) is 0 Å². The third kappa shape index (κ3) is 3.42. The third-order valence-corrected chi connectivity index (χ3v) is 9.11. The molecule has 9 aromatic rings. The second-order valence-corrected chi connectivity index (χ2v) is 12.2. The molecule has 0 spiro atoms. The molecule has 0 radical (unpaired) electrons. The highest BCUT2D eigenvalue weighted by Gasteiger charge is 2.19. The largest absolute Gasteiger partial charge is 0.454 e. The Hall–Kier alpha value is -5.28. The number of aromatic nitrogens is 2. The molecule has 0 aliphatic rings. The number of aryl methyl sites for hydroxylation is 4. The molecule has 0 bridgehead atoms. The Bertz CT molecular complexity index is 2490. The Morgan fingerprint density at radius 1 is 0.419 bits per heavy atom. The van der Waals surface area contributed by atoms with Crippen LogP contribution in [0.25, 0.3) is 76.9 Å². The van der Waals surface area contributed by atoms with Crippen molar-refractivity contribution in [2.24, 2.45) is 0 Å². The minimum absolute atomic E-state index is 0.895. The van der Waals surface area contributed by atoms with Crippen molar-refractivity contribution < 1.29 is 4.42 Å². The van der Waals surface area contributed by atoms with Crippen LogP contribution in [0.15, 0.2) is 114 Å². The molecule has 0 atom stereocenters. The molecule has 0 N–H and O–H groups in total. The van der Waals surface area contributed by atoms with Gasteiger partial charge in [0.1, 0.15) is 5.58 Å². The SMILES string of the molecule is Cc1ccc2c(c1)c1cc(C)ccc1n2-c1ccc2oc3c(-n4c5ccc(C)cc5c5cc(C)ccc54)cccc3c2c1. The van der Waals surface area contributed by atoms with E-state index in [9.17, 15) is 0 Å². The maximum absolute atomic E-state index is 6.70. The van der Waals surface area contributed by atoms with Crippen molar-refractivity contribution >= 4 is 65.6 Å². The van der Waals surface area contributed by atoms with Crippen molar-refractivity contribution in [1.29, 1.82) is 0 Å². The number of para-hydroxylation sites is 1. The van der Waals surface area contributed by atoms with Gasteiger partial charge in [-0.05, 0) is 100 Å². The van der Waals surface area contributed by atoms with Gasteiger partial charge >= 0.3 is 0 Å². The Balaban J connectivity index is 1.33. The van der Waals surface area contributed by atoms with Crippen molar-refractivity contribution in [2.45, 2.75) is 27.7 Å². The molecule has 6 aromatic carbocycles. The lowest BCUT2D eigenvalue weighted by Crippen LogP contribution is -1.94. The molecule has 3 heterocycles. The van der Waals surface area contributed by atoms with Crippen LogP contribution in [0.5, 0.6) is 0 Å². The normalized spacial score (nSPS) is 12.2. The molecule has 3 nitrogen and oxygen atoms in total. The Labute approximate surface area is 249 Å². The number of furan rings is 1. The van der Waals surface area contributed by atoms with Gasteiger partial charge in [-0.25, -0.2) is 0 Å². The predicted molar refractivity (Wildman–Crippen MR) is 181 cm³/mol. The van der Waals surface area contributed by atoms with Gasteiger partial charge < -0.3 is 13.6 Å². The molecule has 3 aromatic heterocycles. The minimum atomic E-state index is 0.895. The number of rotatable bonds is 2. The Morgan fingerprint density at radius 3 is 1.42 bits per heavy atom. The number of hydrogen-bond acceptors (Lipinski definition) is 1. The second-order valence-electron chi connectivity index (χ2n) is 12.2. The molecule has 0 saturated carbocycles. The van der Waals surface area contributed by atoms with E-state index in [4.69, 9.17) is 4.42 Å². The second kappa shape index (κ2) is 8.62. The zero-order valence-corrected chi connectivity index (χ0v) is 24.7. The maximum atomic E-state index is 6.70. The summed E-state index contributed by atoms with van der Waals surface area (Å²) in [7, 11) is 0. The molecule has 0 saturated heterocycles. The van der Waals surface area contributed by atoms with Gasteiger partial charge in [0.05, 0.1) is 27.8 Å². The van der Waals surface area contributed by atoms with Crippen LogP contribution >= 0.6 is 0 Å². The lowest BCUT2D eigenvalue weighted by Gasteiger charge is -2.09. The molecule has 206 valence electrons. The van der Waals surface area contributed by atoms with Crippen LogP contribution in [0.4, 0.5) is 0 Å². The van der Waals surface area contributed by atoms with Crippen molar-refractivity contribution in [2.75, 3.05) is 0 Å². The summed E-state index contributed by atoms with van der Waals surface area (Å²) in [5.41, 5.74) is 13.9. The third-order valence-electron chi connectivity index (χ3n) is 9.11. The summed E-state index contributed by atoms with van der Waals surface area (Å²) in [4.78, 5) is 0. The number of benzene rings is 6. The van der Waals surface area contributed by atoms with Crippen LogP contribution in [0.2, 0.25) is 0 Å². The number of hydrogen-bond donors (Lipinski definition) is 0. The highest BCUT2D eigenvalue weighted by Crippen LogP contribution is 2.40. The van der Waals surface area contributed by atoms with Crippen molar-refractivity contribution in [3.05, 3.63) is 131 Å². The summed E-state index contributed by atoms with van der Waals surface area (Å²) in [6, 6.07) is 40.1. The molecule has 9 rings (SSSR count). The predicted octanol–water partition coefficient (Wildman–Crippen LogP) is 11.0. The molecule has 0 unspecified atom stereocenters. The molecule has 3 heteroatoms.